The van der Waals surface area contributed by atoms with Crippen LogP contribution in [0.25, 0.3) is 0 Å². The molecule has 2 aromatic rings. The number of aryl methyl sites for hydroxylation is 1. The molecule has 0 saturated heterocycles. The van der Waals surface area contributed by atoms with Gasteiger partial charge in [0.05, 0.1) is 26.9 Å². The number of halogens is 3. The molecular formula is C19H17F3N2O2S. The summed E-state index contributed by atoms with van der Waals surface area (Å²) in [4.78, 5) is 18.4. The lowest BCUT2D eigenvalue weighted by molar-refractivity contribution is -0.141. The Kier molecular flexibility index (Phi) is 5.19. The van der Waals surface area contributed by atoms with Crippen LogP contribution in [0.3, 0.4) is 0 Å². The van der Waals surface area contributed by atoms with Gasteiger partial charge in [-0.1, -0.05) is 24.3 Å². The molecule has 1 atom stereocenters. The van der Waals surface area contributed by atoms with Crippen molar-refractivity contribution in [3.05, 3.63) is 65.5 Å². The molecule has 2 heterocycles. The van der Waals surface area contributed by atoms with Gasteiger partial charge < -0.3 is 4.90 Å². The number of rotatable bonds is 4. The SMILES string of the molecule is C=C(C)CN(C(=O)c1ccc(C(F)(F)F)nc1)c1cccc2c1S(=O)CC2. The number of fused-ring (bicyclic) bond motifs is 1. The molecule has 0 aliphatic carbocycles. The van der Waals surface area contributed by atoms with Crippen LogP contribution < -0.4 is 4.90 Å². The normalized spacial score (nSPS) is 16.1. The summed E-state index contributed by atoms with van der Waals surface area (Å²) in [6.07, 6.45) is -3.00. The van der Waals surface area contributed by atoms with Crippen molar-refractivity contribution in [3.63, 3.8) is 0 Å². The zero-order chi connectivity index (χ0) is 19.8. The molecule has 0 radical (unpaired) electrons. The predicted molar refractivity (Wildman–Crippen MR) is 97.2 cm³/mol. The molecule has 8 heteroatoms. The number of benzene rings is 1. The lowest BCUT2D eigenvalue weighted by atomic mass is 10.1. The molecular weight excluding hydrogens is 377 g/mol. The second-order valence-corrected chi connectivity index (χ2v) is 7.85. The fraction of sp³-hybridized carbons (Fsp3) is 0.263. The number of carbonyl (C=O) groups is 1. The second kappa shape index (κ2) is 7.26. The molecule has 1 aliphatic heterocycles. The van der Waals surface area contributed by atoms with Gasteiger partial charge in [0.1, 0.15) is 5.69 Å². The Labute approximate surface area is 157 Å². The highest BCUT2D eigenvalue weighted by Gasteiger charge is 2.33. The van der Waals surface area contributed by atoms with E-state index in [0.717, 1.165) is 23.9 Å². The Morgan fingerprint density at radius 2 is 2.04 bits per heavy atom. The van der Waals surface area contributed by atoms with E-state index in [9.17, 15) is 22.2 Å². The summed E-state index contributed by atoms with van der Waals surface area (Å²) in [6.45, 7) is 5.72. The van der Waals surface area contributed by atoms with Crippen LogP contribution in [0.4, 0.5) is 18.9 Å². The average molecular weight is 394 g/mol. The topological polar surface area (TPSA) is 50.3 Å². The molecule has 1 unspecified atom stereocenters. The van der Waals surface area contributed by atoms with Gasteiger partial charge in [0.15, 0.2) is 0 Å². The first-order valence-corrected chi connectivity index (χ1v) is 9.50. The first kappa shape index (κ1) is 19.3. The highest BCUT2D eigenvalue weighted by Crippen LogP contribution is 2.34. The van der Waals surface area contributed by atoms with E-state index < -0.39 is 28.6 Å². The average Bonchev–Trinajstić information content (AvgIpc) is 3.00. The van der Waals surface area contributed by atoms with E-state index in [1.54, 1.807) is 19.1 Å². The fourth-order valence-corrected chi connectivity index (χ4v) is 4.41. The third kappa shape index (κ3) is 3.95. The maximum absolute atomic E-state index is 13.0. The Hall–Kier alpha value is -2.48. The summed E-state index contributed by atoms with van der Waals surface area (Å²) >= 11 is 0. The minimum atomic E-state index is -4.57. The Morgan fingerprint density at radius 3 is 2.63 bits per heavy atom. The first-order valence-electron chi connectivity index (χ1n) is 8.18. The molecule has 0 saturated carbocycles. The van der Waals surface area contributed by atoms with Gasteiger partial charge in [-0.3, -0.25) is 14.0 Å². The highest BCUT2D eigenvalue weighted by molar-refractivity contribution is 7.85. The van der Waals surface area contributed by atoms with E-state index in [1.165, 1.54) is 4.90 Å². The first-order chi connectivity index (χ1) is 12.7. The van der Waals surface area contributed by atoms with Crippen LogP contribution in [-0.2, 0) is 23.4 Å². The number of anilines is 1. The summed E-state index contributed by atoms with van der Waals surface area (Å²) in [5, 5.41) is 0. The van der Waals surface area contributed by atoms with Crippen LogP contribution in [0.15, 0.2) is 53.6 Å². The Bertz CT molecular complexity index is 924. The van der Waals surface area contributed by atoms with Crippen molar-refractivity contribution < 1.29 is 22.2 Å². The van der Waals surface area contributed by atoms with Crippen molar-refractivity contribution >= 4 is 22.4 Å². The summed E-state index contributed by atoms with van der Waals surface area (Å²) in [6, 6.07) is 7.22. The van der Waals surface area contributed by atoms with Gasteiger partial charge in [-0.25, -0.2) is 0 Å². The predicted octanol–water partition coefficient (Wildman–Crippen LogP) is 3.99. The highest BCUT2D eigenvalue weighted by atomic mass is 32.2. The second-order valence-electron chi connectivity index (χ2n) is 6.34. The summed E-state index contributed by atoms with van der Waals surface area (Å²) in [5.74, 6) is -0.0277. The molecule has 1 amide bonds. The number of hydrogen-bond acceptors (Lipinski definition) is 3. The molecule has 1 aromatic heterocycles. The van der Waals surface area contributed by atoms with Crippen LogP contribution >= 0.6 is 0 Å². The fourth-order valence-electron chi connectivity index (χ4n) is 2.93. The van der Waals surface area contributed by atoms with E-state index in [4.69, 9.17) is 0 Å². The van der Waals surface area contributed by atoms with Crippen LogP contribution in [0, 0.1) is 0 Å². The van der Waals surface area contributed by atoms with E-state index >= 15 is 0 Å². The lowest BCUT2D eigenvalue weighted by Gasteiger charge is -2.25. The molecule has 4 nitrogen and oxygen atoms in total. The van der Waals surface area contributed by atoms with Gasteiger partial charge in [-0.05, 0) is 37.1 Å². The number of pyridine rings is 1. The zero-order valence-corrected chi connectivity index (χ0v) is 15.4. The van der Waals surface area contributed by atoms with Gasteiger partial charge >= 0.3 is 6.18 Å². The number of amides is 1. The summed E-state index contributed by atoms with van der Waals surface area (Å²) in [7, 11) is -1.22. The monoisotopic (exact) mass is 394 g/mol. The van der Waals surface area contributed by atoms with Crippen LogP contribution in [-0.4, -0.2) is 27.4 Å². The van der Waals surface area contributed by atoms with Crippen molar-refractivity contribution in [1.82, 2.24) is 4.98 Å². The maximum Gasteiger partial charge on any atom is 0.433 e. The molecule has 27 heavy (non-hydrogen) atoms. The van der Waals surface area contributed by atoms with E-state index in [-0.39, 0.29) is 12.1 Å². The quantitative estimate of drug-likeness (QED) is 0.737. The van der Waals surface area contributed by atoms with Gasteiger partial charge in [-0.15, -0.1) is 0 Å². The van der Waals surface area contributed by atoms with Crippen molar-refractivity contribution in [2.75, 3.05) is 17.2 Å². The van der Waals surface area contributed by atoms with E-state index in [2.05, 4.69) is 11.6 Å². The van der Waals surface area contributed by atoms with Crippen LogP contribution in [0.1, 0.15) is 28.5 Å². The smallest absolute Gasteiger partial charge is 0.303 e. The standard InChI is InChI=1S/C19H17F3N2O2S/c1-12(2)11-24(15-5-3-4-13-8-9-27(26)17(13)15)18(25)14-6-7-16(23-10-14)19(20,21)22/h3-7,10H,1,8-9,11H2,2H3. The van der Waals surface area contributed by atoms with Gasteiger partial charge in [0, 0.05) is 18.5 Å². The maximum atomic E-state index is 13.0. The molecule has 0 N–H and O–H groups in total. The van der Waals surface area contributed by atoms with Gasteiger partial charge in [-0.2, -0.15) is 13.2 Å². The molecule has 0 spiro atoms. The van der Waals surface area contributed by atoms with Gasteiger partial charge in [0.2, 0.25) is 0 Å². The third-order valence-electron chi connectivity index (χ3n) is 4.13. The summed E-state index contributed by atoms with van der Waals surface area (Å²) < 4.78 is 50.5. The number of carbonyl (C=O) groups excluding carboxylic acids is 1. The number of hydrogen-bond donors (Lipinski definition) is 0. The van der Waals surface area contributed by atoms with E-state index in [0.29, 0.717) is 28.3 Å². The summed E-state index contributed by atoms with van der Waals surface area (Å²) in [5.41, 5.74) is 1.05. The molecule has 0 bridgehead atoms. The van der Waals surface area contributed by atoms with Crippen LogP contribution in [0.2, 0.25) is 0 Å². The third-order valence-corrected chi connectivity index (χ3v) is 5.63. The largest absolute Gasteiger partial charge is 0.433 e. The Balaban J connectivity index is 2.02. The molecule has 1 aromatic carbocycles. The number of nitrogens with zero attached hydrogens (tertiary/aromatic N) is 2. The van der Waals surface area contributed by atoms with Crippen molar-refractivity contribution in [2.24, 2.45) is 0 Å². The minimum Gasteiger partial charge on any atom is -0.303 e. The van der Waals surface area contributed by atoms with Crippen molar-refractivity contribution in [2.45, 2.75) is 24.4 Å². The Morgan fingerprint density at radius 1 is 1.30 bits per heavy atom. The molecule has 142 valence electrons. The molecule has 0 fully saturated rings. The zero-order valence-electron chi connectivity index (χ0n) is 14.5. The van der Waals surface area contributed by atoms with Crippen LogP contribution in [0.5, 0.6) is 0 Å². The van der Waals surface area contributed by atoms with Crippen molar-refractivity contribution in [3.8, 4) is 0 Å². The number of aromatic nitrogens is 1. The number of alkyl halides is 3. The minimum absolute atomic E-state index is 0.0191. The van der Waals surface area contributed by atoms with Gasteiger partial charge in [0.25, 0.3) is 5.91 Å². The molecule has 1 aliphatic rings. The van der Waals surface area contributed by atoms with E-state index in [1.807, 2.05) is 6.07 Å². The molecule has 3 rings (SSSR count). The lowest BCUT2D eigenvalue weighted by Crippen LogP contribution is -2.33. The van der Waals surface area contributed by atoms with Crippen molar-refractivity contribution in [1.29, 1.82) is 0 Å².